The second-order valence-electron chi connectivity index (χ2n) is 7.29. The van der Waals surface area contributed by atoms with Crippen LogP contribution in [-0.2, 0) is 17.6 Å². The molecule has 2 aliphatic carbocycles. The molecule has 1 N–H and O–H groups in total. The number of aromatic nitrogens is 1. The summed E-state index contributed by atoms with van der Waals surface area (Å²) in [6.45, 7) is 2.91. The van der Waals surface area contributed by atoms with Crippen LogP contribution in [0, 0.1) is 0 Å². The van der Waals surface area contributed by atoms with Crippen LogP contribution in [0.2, 0.25) is 0 Å². The van der Waals surface area contributed by atoms with E-state index < -0.39 is 5.97 Å². The maximum absolute atomic E-state index is 11.9. The number of benzene rings is 1. The van der Waals surface area contributed by atoms with E-state index in [1.165, 1.54) is 29.8 Å². The molecule has 0 fully saturated rings. The van der Waals surface area contributed by atoms with Crippen LogP contribution in [0.1, 0.15) is 56.7 Å². The molecule has 4 rings (SSSR count). The molecule has 0 amide bonds. The number of pyridine rings is 1. The van der Waals surface area contributed by atoms with Crippen LogP contribution in [0.5, 0.6) is 0 Å². The van der Waals surface area contributed by atoms with Gasteiger partial charge in [0.15, 0.2) is 0 Å². The van der Waals surface area contributed by atoms with E-state index in [1.54, 1.807) is 0 Å². The van der Waals surface area contributed by atoms with Crippen LogP contribution in [0.15, 0.2) is 35.5 Å². The lowest BCUT2D eigenvalue weighted by molar-refractivity contribution is -0.133. The van der Waals surface area contributed by atoms with Crippen molar-refractivity contribution in [2.75, 3.05) is 11.4 Å². The molecule has 136 valence electrons. The fraction of sp³-hybridized carbons (Fsp3) is 0.455. The van der Waals surface area contributed by atoms with E-state index in [1.807, 2.05) is 6.07 Å². The van der Waals surface area contributed by atoms with Gasteiger partial charge in [-0.1, -0.05) is 18.2 Å². The van der Waals surface area contributed by atoms with Crippen molar-refractivity contribution < 1.29 is 9.90 Å². The highest BCUT2D eigenvalue weighted by molar-refractivity contribution is 5.96. The summed E-state index contributed by atoms with van der Waals surface area (Å²) < 4.78 is 0. The van der Waals surface area contributed by atoms with Gasteiger partial charge < -0.3 is 10.0 Å². The van der Waals surface area contributed by atoms with Gasteiger partial charge in [0, 0.05) is 23.3 Å². The molecule has 1 heterocycles. The van der Waals surface area contributed by atoms with Gasteiger partial charge in [-0.2, -0.15) is 0 Å². The summed E-state index contributed by atoms with van der Waals surface area (Å²) in [6, 6.07) is 8.31. The number of aryl methyl sites for hydroxylation is 1. The summed E-state index contributed by atoms with van der Waals surface area (Å²) in [5, 5.41) is 10.9. The number of carbonyl (C=O) groups is 1. The molecule has 4 heteroatoms. The SMILES string of the molecule is CCN(C1=C(C(=O)O)CCCC1)c1c2c(nc3ccccc13)CCCC2. The number of rotatable bonds is 4. The summed E-state index contributed by atoms with van der Waals surface area (Å²) in [4.78, 5) is 19.1. The zero-order valence-electron chi connectivity index (χ0n) is 15.4. The van der Waals surface area contributed by atoms with Crippen molar-refractivity contribution in [3.05, 3.63) is 46.8 Å². The van der Waals surface area contributed by atoms with E-state index >= 15 is 0 Å². The van der Waals surface area contributed by atoms with E-state index in [0.29, 0.717) is 12.0 Å². The molecule has 2 aromatic rings. The van der Waals surface area contributed by atoms with E-state index in [-0.39, 0.29) is 0 Å². The Morgan fingerprint density at radius 3 is 2.62 bits per heavy atom. The summed E-state index contributed by atoms with van der Waals surface area (Å²) in [5.41, 5.74) is 6.38. The minimum absolute atomic E-state index is 0.601. The van der Waals surface area contributed by atoms with Crippen LogP contribution >= 0.6 is 0 Å². The number of aliphatic carboxylic acids is 1. The number of carboxylic acid groups (broad SMARTS) is 1. The Morgan fingerprint density at radius 1 is 1.08 bits per heavy atom. The Labute approximate surface area is 154 Å². The predicted octanol–water partition coefficient (Wildman–Crippen LogP) is 4.85. The Kier molecular flexibility index (Phi) is 4.66. The number of fused-ring (bicyclic) bond motifs is 2. The van der Waals surface area contributed by atoms with E-state index in [4.69, 9.17) is 4.98 Å². The van der Waals surface area contributed by atoms with Gasteiger partial charge in [-0.3, -0.25) is 4.98 Å². The van der Waals surface area contributed by atoms with E-state index in [2.05, 4.69) is 30.0 Å². The Balaban J connectivity index is 1.98. The second-order valence-corrected chi connectivity index (χ2v) is 7.29. The third-order valence-electron chi connectivity index (χ3n) is 5.75. The maximum Gasteiger partial charge on any atom is 0.333 e. The highest BCUT2D eigenvalue weighted by Crippen LogP contribution is 2.40. The monoisotopic (exact) mass is 350 g/mol. The lowest BCUT2D eigenvalue weighted by Gasteiger charge is -2.34. The third-order valence-corrected chi connectivity index (χ3v) is 5.75. The third kappa shape index (κ3) is 2.87. The second kappa shape index (κ2) is 7.10. The number of carboxylic acids is 1. The number of nitrogens with zero attached hydrogens (tertiary/aromatic N) is 2. The minimum Gasteiger partial charge on any atom is -0.478 e. The smallest absolute Gasteiger partial charge is 0.333 e. The highest BCUT2D eigenvalue weighted by Gasteiger charge is 2.27. The number of hydrogen-bond acceptors (Lipinski definition) is 3. The number of para-hydroxylation sites is 1. The predicted molar refractivity (Wildman–Crippen MR) is 105 cm³/mol. The highest BCUT2D eigenvalue weighted by atomic mass is 16.4. The first kappa shape index (κ1) is 17.1. The molecule has 2 aliphatic rings. The van der Waals surface area contributed by atoms with Crippen LogP contribution in [0.3, 0.4) is 0 Å². The number of hydrogen-bond donors (Lipinski definition) is 1. The van der Waals surface area contributed by atoms with Crippen molar-refractivity contribution in [2.24, 2.45) is 0 Å². The van der Waals surface area contributed by atoms with Gasteiger partial charge >= 0.3 is 5.97 Å². The maximum atomic E-state index is 11.9. The molecule has 4 nitrogen and oxygen atoms in total. The zero-order chi connectivity index (χ0) is 18.1. The molecule has 0 unspecified atom stereocenters. The molecular formula is C22H26N2O2. The first-order chi connectivity index (χ1) is 12.7. The van der Waals surface area contributed by atoms with Crippen LogP contribution < -0.4 is 4.90 Å². The molecule has 0 bridgehead atoms. The van der Waals surface area contributed by atoms with Gasteiger partial charge in [-0.25, -0.2) is 4.79 Å². The average molecular weight is 350 g/mol. The summed E-state index contributed by atoms with van der Waals surface area (Å²) in [5.74, 6) is -0.759. The molecule has 0 saturated carbocycles. The van der Waals surface area contributed by atoms with Gasteiger partial charge in [0.2, 0.25) is 0 Å². The van der Waals surface area contributed by atoms with Crippen molar-refractivity contribution in [1.29, 1.82) is 0 Å². The normalized spacial score (nSPS) is 17.3. The van der Waals surface area contributed by atoms with Gasteiger partial charge in [0.05, 0.1) is 16.8 Å². The Bertz CT molecular complexity index is 885. The number of anilines is 1. The molecule has 0 radical (unpaired) electrons. The summed E-state index contributed by atoms with van der Waals surface area (Å²) >= 11 is 0. The fourth-order valence-corrected chi connectivity index (χ4v) is 4.56. The van der Waals surface area contributed by atoms with Gasteiger partial charge in [-0.15, -0.1) is 0 Å². The van der Waals surface area contributed by atoms with Gasteiger partial charge in [0.25, 0.3) is 0 Å². The molecular weight excluding hydrogens is 324 g/mol. The first-order valence-electron chi connectivity index (χ1n) is 9.84. The Hall–Kier alpha value is -2.36. The van der Waals surface area contributed by atoms with Crippen molar-refractivity contribution in [3.63, 3.8) is 0 Å². The standard InChI is InChI=1S/C22H26N2O2/c1-2-24(20-14-8-5-11-17(20)22(25)26)21-15-9-3-6-12-18(15)23-19-13-7-4-10-16(19)21/h3,6,9,12H,2,4-5,7-8,10-11,13-14H2,1H3,(H,25,26). The fourth-order valence-electron chi connectivity index (χ4n) is 4.56. The van der Waals surface area contributed by atoms with E-state index in [0.717, 1.165) is 55.2 Å². The lowest BCUT2D eigenvalue weighted by atomic mass is 9.90. The van der Waals surface area contributed by atoms with Crippen molar-refractivity contribution >= 4 is 22.6 Å². The van der Waals surface area contributed by atoms with E-state index in [9.17, 15) is 9.90 Å². The van der Waals surface area contributed by atoms with Crippen molar-refractivity contribution in [1.82, 2.24) is 4.98 Å². The summed E-state index contributed by atoms with van der Waals surface area (Å²) in [6.07, 6.45) is 7.98. The largest absolute Gasteiger partial charge is 0.478 e. The van der Waals surface area contributed by atoms with Crippen LogP contribution in [0.25, 0.3) is 10.9 Å². The summed E-state index contributed by atoms with van der Waals surface area (Å²) in [7, 11) is 0. The van der Waals surface area contributed by atoms with Crippen molar-refractivity contribution in [3.8, 4) is 0 Å². The molecule has 26 heavy (non-hydrogen) atoms. The van der Waals surface area contributed by atoms with Crippen LogP contribution in [-0.4, -0.2) is 22.6 Å². The van der Waals surface area contributed by atoms with Crippen LogP contribution in [0.4, 0.5) is 5.69 Å². The molecule has 0 aliphatic heterocycles. The number of allylic oxidation sites excluding steroid dienone is 1. The average Bonchev–Trinajstić information content (AvgIpc) is 2.68. The topological polar surface area (TPSA) is 53.4 Å². The van der Waals surface area contributed by atoms with Gasteiger partial charge in [0.1, 0.15) is 0 Å². The molecule has 0 atom stereocenters. The minimum atomic E-state index is -0.759. The van der Waals surface area contributed by atoms with Crippen molar-refractivity contribution in [2.45, 2.75) is 58.3 Å². The first-order valence-corrected chi connectivity index (χ1v) is 9.84. The molecule has 1 aromatic carbocycles. The molecule has 0 spiro atoms. The molecule has 1 aromatic heterocycles. The molecule has 0 saturated heterocycles. The lowest BCUT2D eigenvalue weighted by Crippen LogP contribution is -2.29. The Morgan fingerprint density at radius 2 is 1.81 bits per heavy atom. The zero-order valence-corrected chi connectivity index (χ0v) is 15.4. The van der Waals surface area contributed by atoms with Gasteiger partial charge in [-0.05, 0) is 69.9 Å². The quantitative estimate of drug-likeness (QED) is 0.856.